The Balaban J connectivity index is 1.44. The number of hydrogen-bond acceptors (Lipinski definition) is 5. The van der Waals surface area contributed by atoms with Crippen LogP contribution < -0.4 is 10.4 Å². The van der Waals surface area contributed by atoms with Crippen LogP contribution in [0.2, 0.25) is 0 Å². The van der Waals surface area contributed by atoms with E-state index in [0.717, 1.165) is 22.2 Å². The molecule has 152 valence electrons. The summed E-state index contributed by atoms with van der Waals surface area (Å²) in [5.41, 5.74) is 4.95. The number of nitrogens with one attached hydrogen (secondary N) is 1. The maximum atomic E-state index is 12.8. The number of hydrazine groups is 1. The van der Waals surface area contributed by atoms with Crippen LogP contribution in [0.4, 0.5) is 5.69 Å². The lowest BCUT2D eigenvalue weighted by atomic mass is 10.2. The van der Waals surface area contributed by atoms with Crippen molar-refractivity contribution in [2.75, 3.05) is 5.01 Å². The number of rotatable bonds is 8. The number of aromatic nitrogens is 2. The van der Waals surface area contributed by atoms with Crippen LogP contribution in [-0.2, 0) is 19.3 Å². The standard InChI is InChI=1S/C23H22N4O2S/c1-26-15-14-24-23(26)30-17-20-12-13-21(29-20)22(28)25-27(19-10-6-3-7-11-19)16-18-8-4-2-5-9-18/h2-15H,16-17H2,1H3,(H,25,28). The van der Waals surface area contributed by atoms with Gasteiger partial charge in [-0.15, -0.1) is 0 Å². The average molecular weight is 419 g/mol. The van der Waals surface area contributed by atoms with E-state index in [-0.39, 0.29) is 11.7 Å². The second kappa shape index (κ2) is 9.37. The Morgan fingerprint density at radius 3 is 2.50 bits per heavy atom. The Hall–Kier alpha value is -3.45. The highest BCUT2D eigenvalue weighted by Crippen LogP contribution is 2.22. The van der Waals surface area contributed by atoms with E-state index in [1.54, 1.807) is 24.0 Å². The third-order valence-electron chi connectivity index (χ3n) is 4.49. The van der Waals surface area contributed by atoms with Crippen molar-refractivity contribution in [3.05, 3.63) is 102 Å². The van der Waals surface area contributed by atoms with E-state index < -0.39 is 0 Å². The topological polar surface area (TPSA) is 63.3 Å². The quantitative estimate of drug-likeness (QED) is 0.333. The number of carbonyl (C=O) groups excluding carboxylic acids is 1. The van der Waals surface area contributed by atoms with E-state index in [4.69, 9.17) is 4.42 Å². The summed E-state index contributed by atoms with van der Waals surface area (Å²) in [6, 6.07) is 23.3. The van der Waals surface area contributed by atoms with Crippen molar-refractivity contribution < 1.29 is 9.21 Å². The van der Waals surface area contributed by atoms with Gasteiger partial charge in [-0.3, -0.25) is 15.2 Å². The largest absolute Gasteiger partial charge is 0.455 e. The number of furan rings is 1. The predicted octanol–water partition coefficient (Wildman–Crippen LogP) is 4.66. The zero-order chi connectivity index (χ0) is 20.8. The summed E-state index contributed by atoms with van der Waals surface area (Å²) < 4.78 is 7.72. The molecule has 0 saturated carbocycles. The maximum Gasteiger partial charge on any atom is 0.305 e. The highest BCUT2D eigenvalue weighted by molar-refractivity contribution is 7.98. The Bertz CT molecular complexity index is 1090. The fraction of sp³-hybridized carbons (Fsp3) is 0.130. The van der Waals surface area contributed by atoms with E-state index in [1.165, 1.54) is 0 Å². The highest BCUT2D eigenvalue weighted by Gasteiger charge is 2.16. The van der Waals surface area contributed by atoms with Gasteiger partial charge in [0.25, 0.3) is 0 Å². The molecular weight excluding hydrogens is 396 g/mol. The number of anilines is 1. The molecule has 0 atom stereocenters. The molecule has 2 aromatic carbocycles. The van der Waals surface area contributed by atoms with Gasteiger partial charge in [-0.05, 0) is 29.8 Å². The molecule has 0 bridgehead atoms. The number of imidazole rings is 1. The molecule has 6 nitrogen and oxygen atoms in total. The molecule has 2 aromatic heterocycles. The van der Waals surface area contributed by atoms with Gasteiger partial charge in [-0.1, -0.05) is 60.3 Å². The molecule has 30 heavy (non-hydrogen) atoms. The second-order valence-corrected chi connectivity index (χ2v) is 7.67. The molecule has 0 aliphatic rings. The smallest absolute Gasteiger partial charge is 0.305 e. The number of amides is 1. The van der Waals surface area contributed by atoms with Gasteiger partial charge in [0.1, 0.15) is 5.76 Å². The third-order valence-corrected chi connectivity index (χ3v) is 5.57. The van der Waals surface area contributed by atoms with Crippen LogP contribution in [0.25, 0.3) is 0 Å². The third kappa shape index (κ3) is 4.93. The van der Waals surface area contributed by atoms with Gasteiger partial charge in [0.15, 0.2) is 10.9 Å². The fourth-order valence-corrected chi connectivity index (χ4v) is 3.78. The van der Waals surface area contributed by atoms with Crippen molar-refractivity contribution in [1.29, 1.82) is 0 Å². The van der Waals surface area contributed by atoms with Gasteiger partial charge in [-0.2, -0.15) is 0 Å². The van der Waals surface area contributed by atoms with E-state index in [1.807, 2.05) is 89.6 Å². The molecule has 0 unspecified atom stereocenters. The lowest BCUT2D eigenvalue weighted by Crippen LogP contribution is -2.41. The van der Waals surface area contributed by atoms with Crippen LogP contribution in [0.15, 0.2) is 94.8 Å². The van der Waals surface area contributed by atoms with E-state index in [9.17, 15) is 4.79 Å². The summed E-state index contributed by atoms with van der Waals surface area (Å²) >= 11 is 1.56. The fourth-order valence-electron chi connectivity index (χ4n) is 2.95. The van der Waals surface area contributed by atoms with Gasteiger partial charge >= 0.3 is 5.91 Å². The predicted molar refractivity (Wildman–Crippen MR) is 118 cm³/mol. The van der Waals surface area contributed by atoms with Crippen LogP contribution in [0.1, 0.15) is 21.9 Å². The van der Waals surface area contributed by atoms with Crippen molar-refractivity contribution in [3.63, 3.8) is 0 Å². The summed E-state index contributed by atoms with van der Waals surface area (Å²) in [4.78, 5) is 17.1. The summed E-state index contributed by atoms with van der Waals surface area (Å²) in [6.45, 7) is 0.541. The lowest BCUT2D eigenvalue weighted by Gasteiger charge is -2.25. The van der Waals surface area contributed by atoms with Gasteiger partial charge in [0, 0.05) is 19.4 Å². The molecule has 1 amide bonds. The number of aryl methyl sites for hydroxylation is 1. The van der Waals surface area contributed by atoms with Gasteiger partial charge in [-0.25, -0.2) is 4.98 Å². The molecule has 1 N–H and O–H groups in total. The Morgan fingerprint density at radius 2 is 1.80 bits per heavy atom. The Morgan fingerprint density at radius 1 is 1.07 bits per heavy atom. The summed E-state index contributed by atoms with van der Waals surface area (Å²) in [6.07, 6.45) is 3.66. The molecular formula is C23H22N4O2S. The summed E-state index contributed by atoms with van der Waals surface area (Å²) in [5.74, 6) is 1.31. The van der Waals surface area contributed by atoms with Gasteiger partial charge < -0.3 is 8.98 Å². The number of hydrogen-bond donors (Lipinski definition) is 1. The molecule has 0 saturated heterocycles. The Labute approximate surface area is 179 Å². The number of benzene rings is 2. The molecule has 0 fully saturated rings. The number of thioether (sulfide) groups is 1. The first-order valence-corrected chi connectivity index (χ1v) is 10.5. The van der Waals surface area contributed by atoms with Crippen molar-refractivity contribution in [2.24, 2.45) is 7.05 Å². The van der Waals surface area contributed by atoms with E-state index in [0.29, 0.717) is 12.3 Å². The monoisotopic (exact) mass is 418 g/mol. The van der Waals surface area contributed by atoms with Crippen LogP contribution in [-0.4, -0.2) is 15.5 Å². The zero-order valence-electron chi connectivity index (χ0n) is 16.6. The molecule has 0 aliphatic heterocycles. The van der Waals surface area contributed by atoms with E-state index in [2.05, 4.69) is 10.4 Å². The van der Waals surface area contributed by atoms with Crippen LogP contribution >= 0.6 is 11.8 Å². The van der Waals surface area contributed by atoms with E-state index >= 15 is 0 Å². The molecule has 0 aliphatic carbocycles. The minimum Gasteiger partial charge on any atom is -0.455 e. The minimum atomic E-state index is -0.289. The summed E-state index contributed by atoms with van der Waals surface area (Å²) in [5, 5.41) is 2.72. The molecule has 4 rings (SSSR count). The minimum absolute atomic E-state index is 0.277. The highest BCUT2D eigenvalue weighted by atomic mass is 32.2. The SMILES string of the molecule is Cn1ccnc1SCc1ccc(C(=O)NN(Cc2ccccc2)c2ccccc2)o1. The molecule has 7 heteroatoms. The zero-order valence-corrected chi connectivity index (χ0v) is 17.4. The molecule has 2 heterocycles. The lowest BCUT2D eigenvalue weighted by molar-refractivity contribution is 0.0919. The van der Waals surface area contributed by atoms with Crippen LogP contribution in [0, 0.1) is 0 Å². The van der Waals surface area contributed by atoms with Gasteiger partial charge in [0.2, 0.25) is 0 Å². The van der Waals surface area contributed by atoms with Crippen LogP contribution in [0.5, 0.6) is 0 Å². The first-order chi connectivity index (χ1) is 14.7. The van der Waals surface area contributed by atoms with Crippen molar-refractivity contribution in [2.45, 2.75) is 17.5 Å². The van der Waals surface area contributed by atoms with Crippen molar-refractivity contribution in [1.82, 2.24) is 15.0 Å². The Kier molecular flexibility index (Phi) is 6.20. The number of carbonyl (C=O) groups is 1. The normalized spacial score (nSPS) is 10.7. The van der Waals surface area contributed by atoms with Crippen LogP contribution in [0.3, 0.4) is 0 Å². The number of para-hydroxylation sites is 1. The van der Waals surface area contributed by atoms with Crippen molar-refractivity contribution >= 4 is 23.4 Å². The summed E-state index contributed by atoms with van der Waals surface area (Å²) in [7, 11) is 1.95. The average Bonchev–Trinajstić information content (AvgIpc) is 3.42. The number of nitrogens with zero attached hydrogens (tertiary/aromatic N) is 3. The first-order valence-electron chi connectivity index (χ1n) is 9.55. The molecule has 4 aromatic rings. The van der Waals surface area contributed by atoms with Crippen molar-refractivity contribution in [3.8, 4) is 0 Å². The molecule has 0 radical (unpaired) electrons. The molecule has 0 spiro atoms. The maximum absolute atomic E-state index is 12.8. The second-order valence-electron chi connectivity index (χ2n) is 6.72. The first kappa shape index (κ1) is 19.8. The van der Waals surface area contributed by atoms with Gasteiger partial charge in [0.05, 0.1) is 18.0 Å².